The number of rotatable bonds is 4. The Morgan fingerprint density at radius 1 is 0.533 bits per heavy atom. The Morgan fingerprint density at radius 2 is 1.20 bits per heavy atom. The van der Waals surface area contributed by atoms with Crippen molar-refractivity contribution < 1.29 is 4.42 Å². The normalized spacial score (nSPS) is 11.7. The molecule has 0 aliphatic heterocycles. The number of fused-ring (bicyclic) bond motifs is 6. The molecule has 0 fully saturated rings. The van der Waals surface area contributed by atoms with E-state index >= 15 is 0 Å². The molecule has 0 atom stereocenters. The number of nitrogens with zero attached hydrogens (tertiary/aromatic N) is 3. The predicted octanol–water partition coefficient (Wildman–Crippen LogP) is 11.2. The molecule has 0 unspecified atom stereocenters. The van der Waals surface area contributed by atoms with Gasteiger partial charge in [0.2, 0.25) is 0 Å². The SMILES string of the molecule is Brc1cc(-c2ccc(-c3nc4ccccc4n3-c3ccccc3)cc2)cc(-c2nc3ccccc3c3c2oc2ccccc23)c1. The van der Waals surface area contributed by atoms with Crippen molar-refractivity contribution in [3.63, 3.8) is 0 Å². The van der Waals surface area contributed by atoms with Crippen LogP contribution in [0.2, 0.25) is 0 Å². The molecule has 5 heteroatoms. The summed E-state index contributed by atoms with van der Waals surface area (Å²) in [6.45, 7) is 0. The molecule has 3 heterocycles. The summed E-state index contributed by atoms with van der Waals surface area (Å²) in [5.74, 6) is 0.913. The van der Waals surface area contributed by atoms with Gasteiger partial charge in [-0.05, 0) is 65.7 Å². The van der Waals surface area contributed by atoms with Crippen LogP contribution in [-0.2, 0) is 0 Å². The first-order valence-corrected chi connectivity index (χ1v) is 15.7. The van der Waals surface area contributed by atoms with Gasteiger partial charge in [-0.25, -0.2) is 9.97 Å². The Labute approximate surface area is 267 Å². The number of furan rings is 1. The summed E-state index contributed by atoms with van der Waals surface area (Å²) < 4.78 is 9.69. The lowest BCUT2D eigenvalue weighted by atomic mass is 9.98. The lowest BCUT2D eigenvalue weighted by Gasteiger charge is -2.11. The highest BCUT2D eigenvalue weighted by molar-refractivity contribution is 9.10. The van der Waals surface area contributed by atoms with Gasteiger partial charge in [-0.3, -0.25) is 4.57 Å². The fourth-order valence-electron chi connectivity index (χ4n) is 6.39. The minimum Gasteiger partial charge on any atom is -0.454 e. The molecule has 3 aromatic heterocycles. The third-order valence-electron chi connectivity index (χ3n) is 8.44. The van der Waals surface area contributed by atoms with Crippen LogP contribution in [0, 0.1) is 0 Å². The number of hydrogen-bond acceptors (Lipinski definition) is 3. The molecule has 0 radical (unpaired) electrons. The first-order valence-electron chi connectivity index (χ1n) is 14.9. The van der Waals surface area contributed by atoms with E-state index < -0.39 is 0 Å². The van der Waals surface area contributed by atoms with Crippen LogP contribution in [-0.4, -0.2) is 14.5 Å². The van der Waals surface area contributed by atoms with Crippen molar-refractivity contribution in [1.82, 2.24) is 14.5 Å². The monoisotopic (exact) mass is 641 g/mol. The van der Waals surface area contributed by atoms with Crippen molar-refractivity contribution in [3.8, 4) is 39.5 Å². The lowest BCUT2D eigenvalue weighted by molar-refractivity contribution is 0.669. The number of aromatic nitrogens is 3. The van der Waals surface area contributed by atoms with Gasteiger partial charge in [0, 0.05) is 37.4 Å². The molecule has 9 aromatic rings. The number of halogens is 1. The van der Waals surface area contributed by atoms with E-state index in [9.17, 15) is 0 Å². The number of hydrogen-bond donors (Lipinski definition) is 0. The number of benzene rings is 6. The standard InChI is InChI=1S/C40H24BrN3O/c41-29-23-27(22-28(24-29)38-39-37(31-12-4-6-14-33(31)42-38)32-13-5-9-17-36(32)45-39)25-18-20-26(21-19-25)40-43-34-15-7-8-16-35(34)44(40)30-10-2-1-3-11-30/h1-24H. The Balaban J connectivity index is 1.18. The Morgan fingerprint density at radius 3 is 2.04 bits per heavy atom. The summed E-state index contributed by atoms with van der Waals surface area (Å²) in [5.41, 5.74) is 10.8. The van der Waals surface area contributed by atoms with Crippen LogP contribution < -0.4 is 0 Å². The van der Waals surface area contributed by atoms with E-state index in [0.717, 1.165) is 87.8 Å². The second-order valence-electron chi connectivity index (χ2n) is 11.2. The molecule has 6 aromatic carbocycles. The molecule has 45 heavy (non-hydrogen) atoms. The Kier molecular flexibility index (Phi) is 5.93. The smallest absolute Gasteiger partial charge is 0.162 e. The van der Waals surface area contributed by atoms with E-state index in [2.05, 4.69) is 136 Å². The van der Waals surface area contributed by atoms with E-state index in [1.165, 1.54) is 0 Å². The van der Waals surface area contributed by atoms with Crippen molar-refractivity contribution in [2.24, 2.45) is 0 Å². The molecule has 0 spiro atoms. The maximum Gasteiger partial charge on any atom is 0.162 e. The summed E-state index contributed by atoms with van der Waals surface area (Å²) in [6, 6.07) is 50.3. The van der Waals surface area contributed by atoms with Crippen LogP contribution in [0.25, 0.3) is 83.3 Å². The first-order chi connectivity index (χ1) is 22.2. The molecule has 0 N–H and O–H groups in total. The minimum atomic E-state index is 0.800. The summed E-state index contributed by atoms with van der Waals surface area (Å²) >= 11 is 3.79. The molecule has 0 aliphatic carbocycles. The molecule has 0 saturated carbocycles. The maximum atomic E-state index is 6.48. The maximum absolute atomic E-state index is 6.48. The molecule has 0 amide bonds. The van der Waals surface area contributed by atoms with Crippen molar-refractivity contribution in [2.45, 2.75) is 0 Å². The van der Waals surface area contributed by atoms with Crippen molar-refractivity contribution in [2.75, 3.05) is 0 Å². The number of pyridine rings is 1. The summed E-state index contributed by atoms with van der Waals surface area (Å²) in [7, 11) is 0. The van der Waals surface area contributed by atoms with Crippen LogP contribution >= 0.6 is 15.9 Å². The van der Waals surface area contributed by atoms with E-state index in [1.807, 2.05) is 30.3 Å². The van der Waals surface area contributed by atoms with Gasteiger partial charge in [-0.15, -0.1) is 0 Å². The molecule has 0 aliphatic rings. The molecule has 4 nitrogen and oxygen atoms in total. The average Bonchev–Trinajstić information content (AvgIpc) is 3.68. The average molecular weight is 643 g/mol. The van der Waals surface area contributed by atoms with Gasteiger partial charge in [0.1, 0.15) is 17.1 Å². The van der Waals surface area contributed by atoms with E-state index in [-0.39, 0.29) is 0 Å². The molecular formula is C40H24BrN3O. The van der Waals surface area contributed by atoms with Gasteiger partial charge in [0.05, 0.1) is 16.6 Å². The summed E-state index contributed by atoms with van der Waals surface area (Å²) in [4.78, 5) is 10.2. The third-order valence-corrected chi connectivity index (χ3v) is 8.90. The quantitative estimate of drug-likeness (QED) is 0.192. The summed E-state index contributed by atoms with van der Waals surface area (Å²) in [5, 5.41) is 3.28. The van der Waals surface area contributed by atoms with Gasteiger partial charge in [-0.2, -0.15) is 0 Å². The summed E-state index contributed by atoms with van der Waals surface area (Å²) in [6.07, 6.45) is 0. The minimum absolute atomic E-state index is 0.800. The predicted molar refractivity (Wildman–Crippen MR) is 188 cm³/mol. The molecule has 212 valence electrons. The third kappa shape index (κ3) is 4.27. The fraction of sp³-hybridized carbons (Fsp3) is 0. The largest absolute Gasteiger partial charge is 0.454 e. The van der Waals surface area contributed by atoms with Crippen molar-refractivity contribution >= 4 is 59.8 Å². The van der Waals surface area contributed by atoms with Crippen molar-refractivity contribution in [3.05, 3.63) is 150 Å². The van der Waals surface area contributed by atoms with Gasteiger partial charge < -0.3 is 4.42 Å². The first kappa shape index (κ1) is 25.9. The molecule has 9 rings (SSSR count). The highest BCUT2D eigenvalue weighted by Crippen LogP contribution is 2.41. The second-order valence-corrected chi connectivity index (χ2v) is 12.1. The van der Waals surface area contributed by atoms with Gasteiger partial charge in [-0.1, -0.05) is 107 Å². The van der Waals surface area contributed by atoms with Gasteiger partial charge >= 0.3 is 0 Å². The van der Waals surface area contributed by atoms with E-state index in [1.54, 1.807) is 0 Å². The lowest BCUT2D eigenvalue weighted by Crippen LogP contribution is -1.97. The molecular weight excluding hydrogens is 618 g/mol. The Hall–Kier alpha value is -5.52. The van der Waals surface area contributed by atoms with Gasteiger partial charge in [0.15, 0.2) is 5.58 Å². The topological polar surface area (TPSA) is 43.9 Å². The van der Waals surface area contributed by atoms with Crippen LogP contribution in [0.4, 0.5) is 0 Å². The Bertz CT molecular complexity index is 2550. The van der Waals surface area contributed by atoms with Crippen LogP contribution in [0.3, 0.4) is 0 Å². The zero-order valence-corrected chi connectivity index (χ0v) is 25.6. The highest BCUT2D eigenvalue weighted by atomic mass is 79.9. The van der Waals surface area contributed by atoms with E-state index in [0.29, 0.717) is 0 Å². The number of para-hydroxylation sites is 5. The fourth-order valence-corrected chi connectivity index (χ4v) is 6.89. The van der Waals surface area contributed by atoms with Crippen LogP contribution in [0.5, 0.6) is 0 Å². The number of imidazole rings is 1. The zero-order chi connectivity index (χ0) is 29.9. The van der Waals surface area contributed by atoms with Crippen molar-refractivity contribution in [1.29, 1.82) is 0 Å². The van der Waals surface area contributed by atoms with E-state index in [4.69, 9.17) is 14.4 Å². The molecule has 0 saturated heterocycles. The van der Waals surface area contributed by atoms with Crippen LogP contribution in [0.15, 0.2) is 154 Å². The second kappa shape index (κ2) is 10.3. The van der Waals surface area contributed by atoms with Gasteiger partial charge in [0.25, 0.3) is 0 Å². The van der Waals surface area contributed by atoms with Crippen LogP contribution in [0.1, 0.15) is 0 Å². The highest BCUT2D eigenvalue weighted by Gasteiger charge is 2.19. The molecule has 0 bridgehead atoms. The zero-order valence-electron chi connectivity index (χ0n) is 24.0.